The number of aromatic carboxylic acids is 1. The summed E-state index contributed by atoms with van der Waals surface area (Å²) < 4.78 is 18.5. The number of methoxy groups -OCH3 is 1. The molecule has 0 atom stereocenters. The van der Waals surface area contributed by atoms with E-state index in [1.807, 2.05) is 0 Å². The molecule has 1 N–H and O–H groups in total. The lowest BCUT2D eigenvalue weighted by Gasteiger charge is -2.04. The van der Waals surface area contributed by atoms with Gasteiger partial charge in [0.2, 0.25) is 0 Å². The van der Waals surface area contributed by atoms with E-state index in [2.05, 4.69) is 4.98 Å². The number of carboxylic acid groups (broad SMARTS) is 1. The number of hydrogen-bond donors (Lipinski definition) is 1. The lowest BCUT2D eigenvalue weighted by atomic mass is 10.1. The Morgan fingerprint density at radius 2 is 2.25 bits per heavy atom. The van der Waals surface area contributed by atoms with Crippen molar-refractivity contribution in [1.29, 1.82) is 0 Å². The Morgan fingerprint density at radius 1 is 1.50 bits per heavy atom. The van der Waals surface area contributed by atoms with Gasteiger partial charge in [-0.25, -0.2) is 9.18 Å². The minimum absolute atomic E-state index is 0.0251. The number of nitrogens with zero attached hydrogens (tertiary/aromatic N) is 1. The zero-order valence-corrected chi connectivity index (χ0v) is 8.40. The molecule has 2 rings (SSSR count). The summed E-state index contributed by atoms with van der Waals surface area (Å²) in [6.07, 6.45) is 1.12. The maximum Gasteiger partial charge on any atom is 0.337 e. The third-order valence-corrected chi connectivity index (χ3v) is 2.22. The fourth-order valence-corrected chi connectivity index (χ4v) is 1.42. The number of aromatic nitrogens is 1. The molecule has 0 saturated carbocycles. The van der Waals surface area contributed by atoms with Crippen LogP contribution in [-0.2, 0) is 0 Å². The summed E-state index contributed by atoms with van der Waals surface area (Å²) in [4.78, 5) is 14.5. The first-order chi connectivity index (χ1) is 7.63. The molecule has 4 nitrogen and oxygen atoms in total. The van der Waals surface area contributed by atoms with Crippen LogP contribution in [-0.4, -0.2) is 23.2 Å². The van der Waals surface area contributed by atoms with Gasteiger partial charge in [-0.15, -0.1) is 0 Å². The minimum atomic E-state index is -1.09. The molecule has 0 fully saturated rings. The third kappa shape index (κ3) is 1.56. The second-order valence-electron chi connectivity index (χ2n) is 3.18. The molecule has 0 saturated heterocycles. The van der Waals surface area contributed by atoms with Crippen molar-refractivity contribution < 1.29 is 19.0 Å². The van der Waals surface area contributed by atoms with Crippen molar-refractivity contribution in [1.82, 2.24) is 4.98 Å². The van der Waals surface area contributed by atoms with E-state index < -0.39 is 11.8 Å². The predicted molar refractivity (Wildman–Crippen MR) is 55.2 cm³/mol. The van der Waals surface area contributed by atoms with Gasteiger partial charge in [0.15, 0.2) is 11.6 Å². The van der Waals surface area contributed by atoms with Gasteiger partial charge in [0.25, 0.3) is 0 Å². The van der Waals surface area contributed by atoms with Crippen LogP contribution in [0.2, 0.25) is 0 Å². The number of carbonyl (C=O) groups is 1. The number of carboxylic acids is 1. The SMILES string of the molecule is COc1ccc2cc(C(=O)O)cnc2c1F. The number of ether oxygens (including phenoxy) is 1. The van der Waals surface area contributed by atoms with E-state index in [-0.39, 0.29) is 16.8 Å². The van der Waals surface area contributed by atoms with Crippen molar-refractivity contribution in [2.75, 3.05) is 7.11 Å². The van der Waals surface area contributed by atoms with Crippen LogP contribution in [0.15, 0.2) is 24.4 Å². The van der Waals surface area contributed by atoms with Gasteiger partial charge < -0.3 is 9.84 Å². The zero-order chi connectivity index (χ0) is 11.7. The van der Waals surface area contributed by atoms with Gasteiger partial charge in [0.05, 0.1) is 12.7 Å². The van der Waals surface area contributed by atoms with Gasteiger partial charge in [-0.3, -0.25) is 4.98 Å². The van der Waals surface area contributed by atoms with Gasteiger partial charge in [-0.2, -0.15) is 0 Å². The number of halogens is 1. The molecule has 0 spiro atoms. The van der Waals surface area contributed by atoms with Crippen molar-refractivity contribution >= 4 is 16.9 Å². The highest BCUT2D eigenvalue weighted by Crippen LogP contribution is 2.24. The molecule has 0 aliphatic carbocycles. The van der Waals surface area contributed by atoms with E-state index in [9.17, 15) is 9.18 Å². The number of hydrogen-bond acceptors (Lipinski definition) is 3. The topological polar surface area (TPSA) is 59.4 Å². The first kappa shape index (κ1) is 10.4. The van der Waals surface area contributed by atoms with Crippen molar-refractivity contribution in [2.24, 2.45) is 0 Å². The highest BCUT2D eigenvalue weighted by Gasteiger charge is 2.11. The van der Waals surface area contributed by atoms with E-state index in [0.717, 1.165) is 6.20 Å². The number of benzene rings is 1. The Hall–Kier alpha value is -2.17. The molecular weight excluding hydrogens is 213 g/mol. The molecule has 0 unspecified atom stereocenters. The van der Waals surface area contributed by atoms with Crippen molar-refractivity contribution in [3.8, 4) is 5.75 Å². The van der Waals surface area contributed by atoms with Gasteiger partial charge >= 0.3 is 5.97 Å². The summed E-state index contributed by atoms with van der Waals surface area (Å²) in [6.45, 7) is 0. The van der Waals surface area contributed by atoms with Crippen LogP contribution in [0.1, 0.15) is 10.4 Å². The van der Waals surface area contributed by atoms with Crippen LogP contribution in [0.3, 0.4) is 0 Å². The number of rotatable bonds is 2. The molecule has 0 bridgehead atoms. The molecule has 2 aromatic rings. The summed E-state index contributed by atoms with van der Waals surface area (Å²) in [5, 5.41) is 9.18. The molecule has 0 aliphatic rings. The molecule has 16 heavy (non-hydrogen) atoms. The van der Waals surface area contributed by atoms with E-state index in [1.54, 1.807) is 6.07 Å². The summed E-state index contributed by atoms with van der Waals surface area (Å²) in [5.41, 5.74) is 0.126. The average molecular weight is 221 g/mol. The molecule has 0 aliphatic heterocycles. The number of pyridine rings is 1. The molecule has 0 amide bonds. The third-order valence-electron chi connectivity index (χ3n) is 2.22. The Kier molecular flexibility index (Phi) is 2.44. The second kappa shape index (κ2) is 3.77. The fourth-order valence-electron chi connectivity index (χ4n) is 1.42. The molecule has 1 aromatic heterocycles. The van der Waals surface area contributed by atoms with E-state index in [1.165, 1.54) is 19.2 Å². The van der Waals surface area contributed by atoms with Crippen molar-refractivity contribution in [3.05, 3.63) is 35.8 Å². The molecule has 0 radical (unpaired) electrons. The lowest BCUT2D eigenvalue weighted by Crippen LogP contribution is -1.98. The average Bonchev–Trinajstić information content (AvgIpc) is 2.29. The fraction of sp³-hybridized carbons (Fsp3) is 0.0909. The summed E-state index contributed by atoms with van der Waals surface area (Å²) in [7, 11) is 1.36. The zero-order valence-electron chi connectivity index (χ0n) is 8.40. The summed E-state index contributed by atoms with van der Waals surface area (Å²) >= 11 is 0. The van der Waals surface area contributed by atoms with Crippen LogP contribution in [0.5, 0.6) is 5.75 Å². The summed E-state index contributed by atoms with van der Waals surface area (Å²) in [6, 6.07) is 4.37. The maximum atomic E-state index is 13.7. The smallest absolute Gasteiger partial charge is 0.337 e. The maximum absolute atomic E-state index is 13.7. The van der Waals surface area contributed by atoms with Crippen LogP contribution in [0.25, 0.3) is 10.9 Å². The molecule has 5 heteroatoms. The standard InChI is InChI=1S/C11H8FNO3/c1-16-8-3-2-6-4-7(11(14)15)5-13-10(6)9(8)12/h2-5H,1H3,(H,14,15). The normalized spacial score (nSPS) is 10.4. The van der Waals surface area contributed by atoms with Crippen LogP contribution >= 0.6 is 0 Å². The lowest BCUT2D eigenvalue weighted by molar-refractivity contribution is 0.0696. The van der Waals surface area contributed by atoms with Crippen LogP contribution in [0.4, 0.5) is 4.39 Å². The Morgan fingerprint density at radius 3 is 2.88 bits per heavy atom. The van der Waals surface area contributed by atoms with Gasteiger partial charge in [0, 0.05) is 11.6 Å². The molecule has 82 valence electrons. The van der Waals surface area contributed by atoms with Gasteiger partial charge in [0.1, 0.15) is 5.52 Å². The number of fused-ring (bicyclic) bond motifs is 1. The quantitative estimate of drug-likeness (QED) is 0.843. The Labute approximate surface area is 90.3 Å². The largest absolute Gasteiger partial charge is 0.494 e. The second-order valence-corrected chi connectivity index (χ2v) is 3.18. The predicted octanol–water partition coefficient (Wildman–Crippen LogP) is 2.08. The van der Waals surface area contributed by atoms with E-state index >= 15 is 0 Å². The monoisotopic (exact) mass is 221 g/mol. The molecule has 1 aromatic carbocycles. The Balaban J connectivity index is 2.69. The molecular formula is C11H8FNO3. The van der Waals surface area contributed by atoms with Gasteiger partial charge in [-0.1, -0.05) is 0 Å². The highest BCUT2D eigenvalue weighted by atomic mass is 19.1. The van der Waals surface area contributed by atoms with Crippen LogP contribution < -0.4 is 4.74 Å². The highest BCUT2D eigenvalue weighted by molar-refractivity contribution is 5.92. The van der Waals surface area contributed by atoms with Gasteiger partial charge in [-0.05, 0) is 18.2 Å². The van der Waals surface area contributed by atoms with E-state index in [4.69, 9.17) is 9.84 Å². The first-order valence-corrected chi connectivity index (χ1v) is 4.49. The van der Waals surface area contributed by atoms with Crippen LogP contribution in [0, 0.1) is 5.82 Å². The van der Waals surface area contributed by atoms with Crippen molar-refractivity contribution in [2.45, 2.75) is 0 Å². The summed E-state index contributed by atoms with van der Waals surface area (Å²) in [5.74, 6) is -1.59. The van der Waals surface area contributed by atoms with E-state index in [0.29, 0.717) is 5.39 Å². The first-order valence-electron chi connectivity index (χ1n) is 4.49. The van der Waals surface area contributed by atoms with Crippen molar-refractivity contribution in [3.63, 3.8) is 0 Å². The minimum Gasteiger partial charge on any atom is -0.494 e. The Bertz CT molecular complexity index is 568. The molecule has 1 heterocycles.